The Kier molecular flexibility index (Phi) is 2.49. The first kappa shape index (κ1) is 9.45. The van der Waals surface area contributed by atoms with Crippen LogP contribution in [0.4, 0.5) is 0 Å². The summed E-state index contributed by atoms with van der Waals surface area (Å²) in [6.07, 6.45) is 2.98. The second kappa shape index (κ2) is 3.96. The van der Waals surface area contributed by atoms with E-state index in [-0.39, 0.29) is 5.97 Å². The summed E-state index contributed by atoms with van der Waals surface area (Å²) in [6.45, 7) is 0. The minimum atomic E-state index is -0.387. The highest BCUT2D eigenvalue weighted by molar-refractivity contribution is 5.92. The molecular formula is C11H10N2O2. The molecule has 0 amide bonds. The van der Waals surface area contributed by atoms with E-state index < -0.39 is 0 Å². The Morgan fingerprint density at radius 3 is 3.07 bits per heavy atom. The molecule has 15 heavy (non-hydrogen) atoms. The molecule has 1 aromatic heterocycles. The van der Waals surface area contributed by atoms with Gasteiger partial charge in [0.05, 0.1) is 18.3 Å². The Hall–Kier alpha value is -2.10. The van der Waals surface area contributed by atoms with Crippen LogP contribution >= 0.6 is 0 Å². The standard InChI is InChI=1S/C11H10N2O2/c1-15-11(14)7-6-10-8-4-2-3-5-9(8)12-13-10/h2-7H,1H3,(H,12,13). The number of para-hydroxylation sites is 1. The van der Waals surface area contributed by atoms with Crippen molar-refractivity contribution in [3.63, 3.8) is 0 Å². The molecule has 76 valence electrons. The number of carbonyl (C=O) groups is 1. The average molecular weight is 202 g/mol. The highest BCUT2D eigenvalue weighted by Crippen LogP contribution is 2.15. The number of carbonyl (C=O) groups excluding carboxylic acids is 1. The van der Waals surface area contributed by atoms with Crippen LogP contribution in [0.3, 0.4) is 0 Å². The van der Waals surface area contributed by atoms with Gasteiger partial charge in [-0.05, 0) is 12.1 Å². The van der Waals surface area contributed by atoms with Gasteiger partial charge >= 0.3 is 5.97 Å². The van der Waals surface area contributed by atoms with Crippen LogP contribution in [0, 0.1) is 0 Å². The van der Waals surface area contributed by atoms with E-state index in [1.807, 2.05) is 24.3 Å². The van der Waals surface area contributed by atoms with Crippen LogP contribution in [-0.4, -0.2) is 23.3 Å². The zero-order valence-electron chi connectivity index (χ0n) is 8.23. The number of rotatable bonds is 2. The fourth-order valence-electron chi connectivity index (χ4n) is 1.33. The number of nitrogens with one attached hydrogen (secondary N) is 1. The van der Waals surface area contributed by atoms with E-state index in [0.29, 0.717) is 0 Å². The second-order valence-corrected chi connectivity index (χ2v) is 3.01. The number of fused-ring (bicyclic) bond motifs is 1. The van der Waals surface area contributed by atoms with Crippen LogP contribution in [-0.2, 0) is 9.53 Å². The molecule has 0 radical (unpaired) electrons. The molecular weight excluding hydrogens is 192 g/mol. The predicted octanol–water partition coefficient (Wildman–Crippen LogP) is 1.75. The number of benzene rings is 1. The van der Waals surface area contributed by atoms with Gasteiger partial charge in [0.2, 0.25) is 0 Å². The molecule has 0 fully saturated rings. The van der Waals surface area contributed by atoms with Crippen molar-refractivity contribution in [2.45, 2.75) is 0 Å². The number of hydrogen-bond donors (Lipinski definition) is 1. The molecule has 4 heteroatoms. The molecule has 0 unspecified atom stereocenters. The molecule has 0 saturated carbocycles. The molecule has 0 spiro atoms. The fraction of sp³-hybridized carbons (Fsp3) is 0.0909. The summed E-state index contributed by atoms with van der Waals surface area (Å²) < 4.78 is 4.50. The van der Waals surface area contributed by atoms with Crippen LogP contribution in [0.5, 0.6) is 0 Å². The Bertz CT molecular complexity index is 514. The number of ether oxygens (including phenoxy) is 1. The van der Waals surface area contributed by atoms with E-state index in [9.17, 15) is 4.79 Å². The molecule has 1 heterocycles. The molecule has 0 bridgehead atoms. The van der Waals surface area contributed by atoms with Crippen LogP contribution in [0.1, 0.15) is 5.69 Å². The summed E-state index contributed by atoms with van der Waals surface area (Å²) in [5, 5.41) is 7.94. The number of methoxy groups -OCH3 is 1. The Morgan fingerprint density at radius 2 is 2.27 bits per heavy atom. The number of aromatic amines is 1. The first-order valence-corrected chi connectivity index (χ1v) is 4.50. The maximum absolute atomic E-state index is 10.9. The van der Waals surface area contributed by atoms with Crippen molar-refractivity contribution >= 4 is 22.9 Å². The molecule has 1 aromatic carbocycles. The summed E-state index contributed by atoms with van der Waals surface area (Å²) in [5.74, 6) is -0.387. The van der Waals surface area contributed by atoms with Gasteiger partial charge in [-0.25, -0.2) is 4.79 Å². The van der Waals surface area contributed by atoms with E-state index in [1.54, 1.807) is 6.08 Å². The van der Waals surface area contributed by atoms with Crippen molar-refractivity contribution in [1.82, 2.24) is 10.2 Å². The van der Waals surface area contributed by atoms with Gasteiger partial charge in [0, 0.05) is 11.5 Å². The zero-order chi connectivity index (χ0) is 10.7. The smallest absolute Gasteiger partial charge is 0.330 e. The maximum atomic E-state index is 10.9. The van der Waals surface area contributed by atoms with Crippen LogP contribution in [0.15, 0.2) is 30.3 Å². The average Bonchev–Trinajstić information content (AvgIpc) is 2.69. The number of aromatic nitrogens is 2. The SMILES string of the molecule is COC(=O)C=Cc1n[nH]c2ccccc12. The van der Waals surface area contributed by atoms with Gasteiger partial charge in [-0.1, -0.05) is 18.2 Å². The quantitative estimate of drug-likeness (QED) is 0.596. The molecule has 1 N–H and O–H groups in total. The van der Waals surface area contributed by atoms with E-state index in [1.165, 1.54) is 13.2 Å². The van der Waals surface area contributed by atoms with Gasteiger partial charge in [0.1, 0.15) is 0 Å². The van der Waals surface area contributed by atoms with Crippen molar-refractivity contribution in [3.05, 3.63) is 36.0 Å². The number of H-pyrrole nitrogens is 1. The van der Waals surface area contributed by atoms with E-state index >= 15 is 0 Å². The van der Waals surface area contributed by atoms with Crippen molar-refractivity contribution in [2.75, 3.05) is 7.11 Å². The minimum absolute atomic E-state index is 0.387. The lowest BCUT2D eigenvalue weighted by Gasteiger charge is -1.89. The summed E-state index contributed by atoms with van der Waals surface area (Å²) in [4.78, 5) is 10.9. The Morgan fingerprint density at radius 1 is 1.47 bits per heavy atom. The largest absolute Gasteiger partial charge is 0.466 e. The zero-order valence-corrected chi connectivity index (χ0v) is 8.23. The highest BCUT2D eigenvalue weighted by atomic mass is 16.5. The minimum Gasteiger partial charge on any atom is -0.466 e. The summed E-state index contributed by atoms with van der Waals surface area (Å²) >= 11 is 0. The monoisotopic (exact) mass is 202 g/mol. The van der Waals surface area contributed by atoms with Crippen molar-refractivity contribution in [1.29, 1.82) is 0 Å². The molecule has 4 nitrogen and oxygen atoms in total. The third-order valence-electron chi connectivity index (χ3n) is 2.08. The van der Waals surface area contributed by atoms with E-state index in [4.69, 9.17) is 0 Å². The molecule has 0 aliphatic rings. The lowest BCUT2D eigenvalue weighted by molar-refractivity contribution is -0.134. The summed E-state index contributed by atoms with van der Waals surface area (Å²) in [5.41, 5.74) is 1.68. The summed E-state index contributed by atoms with van der Waals surface area (Å²) in [7, 11) is 1.34. The normalized spacial score (nSPS) is 11.0. The molecule has 0 aliphatic carbocycles. The third kappa shape index (κ3) is 1.88. The van der Waals surface area contributed by atoms with E-state index in [0.717, 1.165) is 16.6 Å². The lowest BCUT2D eigenvalue weighted by Crippen LogP contribution is -1.93. The molecule has 0 aliphatic heterocycles. The number of hydrogen-bond acceptors (Lipinski definition) is 3. The van der Waals surface area contributed by atoms with Gasteiger partial charge in [0.15, 0.2) is 0 Å². The topological polar surface area (TPSA) is 55.0 Å². The number of nitrogens with zero attached hydrogens (tertiary/aromatic N) is 1. The molecule has 0 saturated heterocycles. The van der Waals surface area contributed by atoms with Gasteiger partial charge in [-0.2, -0.15) is 5.10 Å². The molecule has 2 aromatic rings. The van der Waals surface area contributed by atoms with Crippen LogP contribution < -0.4 is 0 Å². The lowest BCUT2D eigenvalue weighted by atomic mass is 10.2. The maximum Gasteiger partial charge on any atom is 0.330 e. The van der Waals surface area contributed by atoms with Gasteiger partial charge in [-0.3, -0.25) is 5.10 Å². The second-order valence-electron chi connectivity index (χ2n) is 3.01. The molecule has 2 rings (SSSR count). The molecule has 0 atom stereocenters. The fourth-order valence-corrected chi connectivity index (χ4v) is 1.33. The Balaban J connectivity index is 2.36. The first-order valence-electron chi connectivity index (χ1n) is 4.50. The van der Waals surface area contributed by atoms with E-state index in [2.05, 4.69) is 14.9 Å². The van der Waals surface area contributed by atoms with Gasteiger partial charge in [0.25, 0.3) is 0 Å². The Labute approximate surface area is 86.6 Å². The van der Waals surface area contributed by atoms with Crippen LogP contribution in [0.2, 0.25) is 0 Å². The van der Waals surface area contributed by atoms with Crippen molar-refractivity contribution < 1.29 is 9.53 Å². The van der Waals surface area contributed by atoms with Gasteiger partial charge < -0.3 is 4.74 Å². The predicted molar refractivity (Wildman–Crippen MR) is 57.1 cm³/mol. The number of esters is 1. The first-order chi connectivity index (χ1) is 7.31. The summed E-state index contributed by atoms with van der Waals surface area (Å²) in [6, 6.07) is 7.72. The van der Waals surface area contributed by atoms with Crippen LogP contribution in [0.25, 0.3) is 17.0 Å². The highest BCUT2D eigenvalue weighted by Gasteiger charge is 2.01. The van der Waals surface area contributed by atoms with Crippen molar-refractivity contribution in [3.8, 4) is 0 Å². The third-order valence-corrected chi connectivity index (χ3v) is 2.08. The van der Waals surface area contributed by atoms with Crippen molar-refractivity contribution in [2.24, 2.45) is 0 Å². The van der Waals surface area contributed by atoms with Gasteiger partial charge in [-0.15, -0.1) is 0 Å².